The zero-order valence-electron chi connectivity index (χ0n) is 14.2. The van der Waals surface area contributed by atoms with Crippen molar-refractivity contribution in [1.82, 2.24) is 29.2 Å². The Kier molecular flexibility index (Phi) is 4.94. The number of aliphatic hydroxyl groups is 1. The first-order valence-corrected chi connectivity index (χ1v) is 8.40. The smallest absolute Gasteiger partial charge is 0.242 e. The van der Waals surface area contributed by atoms with Gasteiger partial charge in [0, 0.05) is 44.9 Å². The minimum Gasteiger partial charge on any atom is -0.388 e. The van der Waals surface area contributed by atoms with Crippen LogP contribution in [-0.2, 0) is 31.4 Å². The molecule has 2 aromatic heterocycles. The molecule has 8 heteroatoms. The van der Waals surface area contributed by atoms with Crippen LogP contribution in [0.25, 0.3) is 0 Å². The summed E-state index contributed by atoms with van der Waals surface area (Å²) in [4.78, 5) is 18.8. The molecule has 0 spiro atoms. The van der Waals surface area contributed by atoms with Gasteiger partial charge in [0.25, 0.3) is 0 Å². The van der Waals surface area contributed by atoms with Crippen LogP contribution in [0.4, 0.5) is 0 Å². The predicted octanol–water partition coefficient (Wildman–Crippen LogP) is 0.472. The Hall–Kier alpha value is -2.22. The molecule has 1 atom stereocenters. The number of piperidine rings is 1. The second kappa shape index (κ2) is 7.12. The van der Waals surface area contributed by atoms with Crippen LogP contribution in [0, 0.1) is 0 Å². The van der Waals surface area contributed by atoms with E-state index in [1.165, 1.54) is 0 Å². The van der Waals surface area contributed by atoms with Crippen molar-refractivity contribution in [1.29, 1.82) is 0 Å². The van der Waals surface area contributed by atoms with Crippen LogP contribution in [-0.4, -0.2) is 53.3 Å². The fraction of sp³-hybridized carbons (Fsp3) is 0.625. The first-order valence-electron chi connectivity index (χ1n) is 8.40. The predicted molar refractivity (Wildman–Crippen MR) is 87.1 cm³/mol. The van der Waals surface area contributed by atoms with Crippen LogP contribution in [0.15, 0.2) is 12.4 Å². The maximum absolute atomic E-state index is 12.7. The van der Waals surface area contributed by atoms with E-state index < -0.39 is 0 Å². The van der Waals surface area contributed by atoms with Crippen molar-refractivity contribution in [2.24, 2.45) is 7.05 Å². The molecule has 0 bridgehead atoms. The van der Waals surface area contributed by atoms with Gasteiger partial charge in [-0.1, -0.05) is 6.92 Å². The van der Waals surface area contributed by atoms with Gasteiger partial charge in [0.2, 0.25) is 5.91 Å². The molecule has 24 heavy (non-hydrogen) atoms. The highest BCUT2D eigenvalue weighted by atomic mass is 16.3. The van der Waals surface area contributed by atoms with E-state index in [0.29, 0.717) is 18.9 Å². The number of aryl methyl sites for hydroxylation is 1. The maximum Gasteiger partial charge on any atom is 0.242 e. The summed E-state index contributed by atoms with van der Waals surface area (Å²) in [5.74, 6) is 2.59. The van der Waals surface area contributed by atoms with Gasteiger partial charge in [-0.3, -0.25) is 4.79 Å². The minimum absolute atomic E-state index is 0.108. The third-order valence-electron chi connectivity index (χ3n) is 4.70. The van der Waals surface area contributed by atoms with Crippen molar-refractivity contribution >= 4 is 5.91 Å². The first kappa shape index (κ1) is 16.6. The fourth-order valence-corrected chi connectivity index (χ4v) is 3.33. The molecule has 0 radical (unpaired) electrons. The van der Waals surface area contributed by atoms with E-state index in [-0.39, 0.29) is 18.4 Å². The number of hydrogen-bond donors (Lipinski definition) is 1. The van der Waals surface area contributed by atoms with E-state index in [1.54, 1.807) is 6.20 Å². The van der Waals surface area contributed by atoms with Crippen molar-refractivity contribution in [2.45, 2.75) is 45.3 Å². The van der Waals surface area contributed by atoms with Crippen molar-refractivity contribution in [3.05, 3.63) is 29.9 Å². The Balaban J connectivity index is 1.68. The highest BCUT2D eigenvalue weighted by Crippen LogP contribution is 2.26. The number of aromatic nitrogens is 5. The van der Waals surface area contributed by atoms with Gasteiger partial charge in [0.05, 0.1) is 0 Å². The number of likely N-dealkylation sites (tertiary alicyclic amines) is 1. The Morgan fingerprint density at radius 2 is 2.21 bits per heavy atom. The largest absolute Gasteiger partial charge is 0.388 e. The molecule has 1 fully saturated rings. The van der Waals surface area contributed by atoms with E-state index in [1.807, 2.05) is 34.2 Å². The Labute approximate surface area is 141 Å². The molecule has 130 valence electrons. The molecule has 1 saturated heterocycles. The van der Waals surface area contributed by atoms with E-state index in [0.717, 1.165) is 37.5 Å². The second-order valence-electron chi connectivity index (χ2n) is 6.20. The molecule has 0 saturated carbocycles. The standard InChI is InChI=1S/C16H24N6O2/c1-3-13-17-6-8-21(13)10-15(24)22-7-4-5-12(9-22)16-19-18-14(11-23)20(16)2/h6,8,12,23H,3-5,7,9-11H2,1-2H3. The number of amides is 1. The number of nitrogens with zero attached hydrogens (tertiary/aromatic N) is 6. The summed E-state index contributed by atoms with van der Waals surface area (Å²) in [6.45, 7) is 3.66. The zero-order valence-corrected chi connectivity index (χ0v) is 14.2. The van der Waals surface area contributed by atoms with Crippen LogP contribution in [0.3, 0.4) is 0 Å². The molecule has 1 aliphatic heterocycles. The molecule has 2 aromatic rings. The molecule has 1 N–H and O–H groups in total. The van der Waals surface area contributed by atoms with E-state index in [4.69, 9.17) is 0 Å². The lowest BCUT2D eigenvalue weighted by molar-refractivity contribution is -0.133. The summed E-state index contributed by atoms with van der Waals surface area (Å²) in [5, 5.41) is 17.5. The SMILES string of the molecule is CCc1nccn1CC(=O)N1CCCC(c2nnc(CO)n2C)C1. The van der Waals surface area contributed by atoms with Crippen LogP contribution in [0.2, 0.25) is 0 Å². The van der Waals surface area contributed by atoms with Gasteiger partial charge in [-0.2, -0.15) is 0 Å². The Bertz CT molecular complexity index is 707. The average Bonchev–Trinajstić information content (AvgIpc) is 3.20. The molecular weight excluding hydrogens is 308 g/mol. The van der Waals surface area contributed by atoms with Gasteiger partial charge >= 0.3 is 0 Å². The van der Waals surface area contributed by atoms with Crippen molar-refractivity contribution in [3.8, 4) is 0 Å². The van der Waals surface area contributed by atoms with Gasteiger partial charge in [-0.05, 0) is 12.8 Å². The Morgan fingerprint density at radius 1 is 1.38 bits per heavy atom. The van der Waals surface area contributed by atoms with Gasteiger partial charge in [-0.25, -0.2) is 4.98 Å². The fourth-order valence-electron chi connectivity index (χ4n) is 3.33. The second-order valence-corrected chi connectivity index (χ2v) is 6.20. The molecule has 1 aliphatic rings. The molecular formula is C16H24N6O2. The lowest BCUT2D eigenvalue weighted by Crippen LogP contribution is -2.41. The summed E-state index contributed by atoms with van der Waals surface area (Å²) in [6, 6.07) is 0. The highest BCUT2D eigenvalue weighted by molar-refractivity contribution is 5.76. The molecule has 3 rings (SSSR count). The van der Waals surface area contributed by atoms with Crippen LogP contribution >= 0.6 is 0 Å². The molecule has 1 amide bonds. The number of imidazole rings is 1. The molecule has 1 unspecified atom stereocenters. The molecule has 3 heterocycles. The molecule has 0 aromatic carbocycles. The number of carbonyl (C=O) groups excluding carboxylic acids is 1. The first-order chi connectivity index (χ1) is 11.6. The summed E-state index contributed by atoms with van der Waals surface area (Å²) < 4.78 is 3.75. The van der Waals surface area contributed by atoms with Crippen LogP contribution in [0.1, 0.15) is 43.2 Å². The number of carbonyl (C=O) groups is 1. The number of aliphatic hydroxyl groups excluding tert-OH is 1. The topological polar surface area (TPSA) is 89.1 Å². The lowest BCUT2D eigenvalue weighted by atomic mass is 9.97. The van der Waals surface area contributed by atoms with E-state index in [2.05, 4.69) is 15.2 Å². The summed E-state index contributed by atoms with van der Waals surface area (Å²) in [5.41, 5.74) is 0. The minimum atomic E-state index is -0.126. The van der Waals surface area contributed by atoms with Gasteiger partial charge in [-0.15, -0.1) is 10.2 Å². The van der Waals surface area contributed by atoms with Crippen LogP contribution < -0.4 is 0 Å². The molecule has 0 aliphatic carbocycles. The monoisotopic (exact) mass is 332 g/mol. The highest BCUT2D eigenvalue weighted by Gasteiger charge is 2.28. The van der Waals surface area contributed by atoms with Crippen molar-refractivity contribution in [2.75, 3.05) is 13.1 Å². The van der Waals surface area contributed by atoms with Gasteiger partial charge < -0.3 is 19.1 Å². The van der Waals surface area contributed by atoms with E-state index in [9.17, 15) is 9.90 Å². The van der Waals surface area contributed by atoms with Gasteiger partial charge in [0.15, 0.2) is 5.82 Å². The molecule has 8 nitrogen and oxygen atoms in total. The third kappa shape index (κ3) is 3.19. The average molecular weight is 332 g/mol. The van der Waals surface area contributed by atoms with Gasteiger partial charge in [0.1, 0.15) is 24.8 Å². The quantitative estimate of drug-likeness (QED) is 0.860. The number of hydrogen-bond acceptors (Lipinski definition) is 5. The normalized spacial score (nSPS) is 18.1. The third-order valence-corrected chi connectivity index (χ3v) is 4.70. The van der Waals surface area contributed by atoms with Crippen molar-refractivity contribution in [3.63, 3.8) is 0 Å². The summed E-state index contributed by atoms with van der Waals surface area (Å²) in [6.07, 6.45) is 6.33. The summed E-state index contributed by atoms with van der Waals surface area (Å²) in [7, 11) is 1.86. The van der Waals surface area contributed by atoms with Crippen LogP contribution in [0.5, 0.6) is 0 Å². The number of rotatable bonds is 5. The Morgan fingerprint density at radius 3 is 2.92 bits per heavy atom. The summed E-state index contributed by atoms with van der Waals surface area (Å²) >= 11 is 0. The maximum atomic E-state index is 12.7. The van der Waals surface area contributed by atoms with E-state index >= 15 is 0 Å². The zero-order chi connectivity index (χ0) is 17.1. The van der Waals surface area contributed by atoms with Crippen molar-refractivity contribution < 1.29 is 9.90 Å². The lowest BCUT2D eigenvalue weighted by Gasteiger charge is -2.32.